The van der Waals surface area contributed by atoms with Gasteiger partial charge >= 0.3 is 6.03 Å². The van der Waals surface area contributed by atoms with Crippen LogP contribution in [0.1, 0.15) is 11.1 Å². The predicted molar refractivity (Wildman–Crippen MR) is 70.2 cm³/mol. The maximum atomic E-state index is 11.6. The van der Waals surface area contributed by atoms with E-state index in [1.807, 2.05) is 60.7 Å². The summed E-state index contributed by atoms with van der Waals surface area (Å²) in [5.74, 6) is 0. The van der Waals surface area contributed by atoms with Crippen LogP contribution in [0.15, 0.2) is 60.7 Å². The average Bonchev–Trinajstić information content (AvgIpc) is 2.84. The Morgan fingerprint density at radius 3 is 1.72 bits per heavy atom. The predicted octanol–water partition coefficient (Wildman–Crippen LogP) is 2.24. The molecule has 0 radical (unpaired) electrons. The van der Waals surface area contributed by atoms with Crippen molar-refractivity contribution in [3.63, 3.8) is 0 Å². The van der Waals surface area contributed by atoms with Crippen LogP contribution in [0, 0.1) is 0 Å². The zero-order chi connectivity index (χ0) is 12.4. The minimum atomic E-state index is -0.459. The minimum Gasteiger partial charge on any atom is -0.335 e. The number of rotatable bonds is 2. The van der Waals surface area contributed by atoms with Crippen molar-refractivity contribution in [1.29, 1.82) is 0 Å². The lowest BCUT2D eigenvalue weighted by molar-refractivity contribution is 0.246. The van der Waals surface area contributed by atoms with E-state index in [2.05, 4.69) is 10.6 Å². The summed E-state index contributed by atoms with van der Waals surface area (Å²) in [7, 11) is 0. The molecule has 0 aliphatic carbocycles. The van der Waals surface area contributed by atoms with Gasteiger partial charge in [0.2, 0.25) is 0 Å². The molecule has 0 saturated carbocycles. The summed E-state index contributed by atoms with van der Waals surface area (Å²) >= 11 is 0. The van der Waals surface area contributed by atoms with Gasteiger partial charge in [0.25, 0.3) is 0 Å². The van der Waals surface area contributed by atoms with Gasteiger partial charge in [0.05, 0.1) is 6.54 Å². The van der Waals surface area contributed by atoms with E-state index in [0.29, 0.717) is 6.54 Å². The number of hydrogen-bond donors (Lipinski definition) is 2. The van der Waals surface area contributed by atoms with Gasteiger partial charge in [-0.1, -0.05) is 60.7 Å². The molecule has 0 spiro atoms. The molecule has 2 amide bonds. The van der Waals surface area contributed by atoms with Crippen molar-refractivity contribution in [2.75, 3.05) is 6.54 Å². The topological polar surface area (TPSA) is 41.1 Å². The van der Waals surface area contributed by atoms with Crippen LogP contribution in [-0.4, -0.2) is 12.6 Å². The fourth-order valence-corrected chi connectivity index (χ4v) is 2.46. The number of benzene rings is 2. The van der Waals surface area contributed by atoms with Crippen LogP contribution in [0.25, 0.3) is 0 Å². The van der Waals surface area contributed by atoms with Crippen molar-refractivity contribution >= 4 is 6.03 Å². The highest BCUT2D eigenvalue weighted by atomic mass is 16.2. The number of carbonyl (C=O) groups excluding carboxylic acids is 1. The summed E-state index contributed by atoms with van der Waals surface area (Å²) in [6, 6.07) is 20.0. The summed E-state index contributed by atoms with van der Waals surface area (Å²) in [5, 5.41) is 5.91. The molecule has 3 nitrogen and oxygen atoms in total. The van der Waals surface area contributed by atoms with Crippen molar-refractivity contribution in [3.8, 4) is 0 Å². The average molecular weight is 238 g/mol. The van der Waals surface area contributed by atoms with Crippen molar-refractivity contribution in [3.05, 3.63) is 71.8 Å². The molecule has 90 valence electrons. The summed E-state index contributed by atoms with van der Waals surface area (Å²) in [4.78, 5) is 11.6. The Morgan fingerprint density at radius 2 is 1.33 bits per heavy atom. The first-order chi connectivity index (χ1) is 8.81. The van der Waals surface area contributed by atoms with E-state index in [1.54, 1.807) is 0 Å². The van der Waals surface area contributed by atoms with Crippen LogP contribution in [0.5, 0.6) is 0 Å². The highest BCUT2D eigenvalue weighted by molar-refractivity contribution is 5.79. The van der Waals surface area contributed by atoms with Gasteiger partial charge in [-0.05, 0) is 11.1 Å². The molecule has 3 heteroatoms. The lowest BCUT2D eigenvalue weighted by Crippen LogP contribution is -2.41. The van der Waals surface area contributed by atoms with Crippen molar-refractivity contribution in [2.24, 2.45) is 0 Å². The van der Waals surface area contributed by atoms with Crippen molar-refractivity contribution in [1.82, 2.24) is 10.6 Å². The third kappa shape index (κ3) is 1.64. The molecular formula is C15H14N2O. The van der Waals surface area contributed by atoms with Crippen LogP contribution < -0.4 is 10.6 Å². The quantitative estimate of drug-likeness (QED) is 0.827. The Hall–Kier alpha value is -2.29. The molecule has 0 unspecified atom stereocenters. The fourth-order valence-electron chi connectivity index (χ4n) is 2.46. The molecule has 1 fully saturated rings. The highest BCUT2D eigenvalue weighted by Gasteiger charge is 2.40. The first-order valence-electron chi connectivity index (χ1n) is 5.98. The molecule has 1 aliphatic rings. The van der Waals surface area contributed by atoms with Crippen LogP contribution >= 0.6 is 0 Å². The Balaban J connectivity index is 2.14. The lowest BCUT2D eigenvalue weighted by Gasteiger charge is -2.29. The Kier molecular flexibility index (Phi) is 2.52. The van der Waals surface area contributed by atoms with E-state index in [-0.39, 0.29) is 6.03 Å². The summed E-state index contributed by atoms with van der Waals surface area (Å²) in [5.41, 5.74) is 1.73. The van der Waals surface area contributed by atoms with Gasteiger partial charge in [0.1, 0.15) is 5.54 Å². The molecular weight excluding hydrogens is 224 g/mol. The van der Waals surface area contributed by atoms with E-state index in [1.165, 1.54) is 0 Å². The van der Waals surface area contributed by atoms with Crippen molar-refractivity contribution < 1.29 is 4.79 Å². The molecule has 18 heavy (non-hydrogen) atoms. The number of amides is 2. The van der Waals surface area contributed by atoms with Gasteiger partial charge in [0.15, 0.2) is 0 Å². The maximum absolute atomic E-state index is 11.6. The maximum Gasteiger partial charge on any atom is 0.315 e. The summed E-state index contributed by atoms with van der Waals surface area (Å²) in [6.45, 7) is 0.569. The SMILES string of the molecule is O=C1NCC(c2ccccc2)(c2ccccc2)N1. The van der Waals surface area contributed by atoms with Gasteiger partial charge in [-0.25, -0.2) is 4.79 Å². The zero-order valence-corrected chi connectivity index (χ0v) is 9.89. The van der Waals surface area contributed by atoms with Gasteiger partial charge in [0, 0.05) is 0 Å². The normalized spacial score (nSPS) is 17.0. The third-order valence-corrected chi connectivity index (χ3v) is 3.37. The highest BCUT2D eigenvalue weighted by Crippen LogP contribution is 2.31. The first kappa shape index (κ1) is 10.8. The minimum absolute atomic E-state index is 0.122. The van der Waals surface area contributed by atoms with Gasteiger partial charge < -0.3 is 10.6 Å². The molecule has 2 aromatic rings. The molecule has 0 atom stereocenters. The second-order valence-electron chi connectivity index (χ2n) is 4.45. The fraction of sp³-hybridized carbons (Fsp3) is 0.133. The third-order valence-electron chi connectivity index (χ3n) is 3.37. The van der Waals surface area contributed by atoms with E-state index in [0.717, 1.165) is 11.1 Å². The smallest absolute Gasteiger partial charge is 0.315 e. The molecule has 1 heterocycles. The Bertz CT molecular complexity index is 512. The van der Waals surface area contributed by atoms with Crippen LogP contribution in [0.2, 0.25) is 0 Å². The molecule has 2 aromatic carbocycles. The van der Waals surface area contributed by atoms with E-state index in [4.69, 9.17) is 0 Å². The number of carbonyl (C=O) groups is 1. The van der Waals surface area contributed by atoms with Crippen LogP contribution in [0.3, 0.4) is 0 Å². The largest absolute Gasteiger partial charge is 0.335 e. The Labute approximate surface area is 106 Å². The molecule has 0 bridgehead atoms. The molecule has 1 saturated heterocycles. The molecule has 3 rings (SSSR count). The molecule has 1 aliphatic heterocycles. The second-order valence-corrected chi connectivity index (χ2v) is 4.45. The number of nitrogens with one attached hydrogen (secondary N) is 2. The summed E-state index contributed by atoms with van der Waals surface area (Å²) < 4.78 is 0. The van der Waals surface area contributed by atoms with E-state index >= 15 is 0 Å². The van der Waals surface area contributed by atoms with Crippen LogP contribution in [0.4, 0.5) is 4.79 Å². The zero-order valence-electron chi connectivity index (χ0n) is 9.89. The standard InChI is InChI=1S/C15H14N2O/c18-14-16-11-15(17-14,12-7-3-1-4-8-12)13-9-5-2-6-10-13/h1-10H,11H2,(H2,16,17,18). The number of urea groups is 1. The van der Waals surface area contributed by atoms with Gasteiger partial charge in [-0.2, -0.15) is 0 Å². The monoisotopic (exact) mass is 238 g/mol. The first-order valence-corrected chi connectivity index (χ1v) is 5.98. The molecule has 0 aromatic heterocycles. The van der Waals surface area contributed by atoms with Crippen molar-refractivity contribution in [2.45, 2.75) is 5.54 Å². The lowest BCUT2D eigenvalue weighted by atomic mass is 9.84. The van der Waals surface area contributed by atoms with E-state index in [9.17, 15) is 4.79 Å². The number of hydrogen-bond acceptors (Lipinski definition) is 1. The molecule has 2 N–H and O–H groups in total. The summed E-state index contributed by atoms with van der Waals surface area (Å²) in [6.07, 6.45) is 0. The second kappa shape index (κ2) is 4.18. The van der Waals surface area contributed by atoms with Gasteiger partial charge in [-0.3, -0.25) is 0 Å². The van der Waals surface area contributed by atoms with Gasteiger partial charge in [-0.15, -0.1) is 0 Å². The van der Waals surface area contributed by atoms with E-state index < -0.39 is 5.54 Å². The van der Waals surface area contributed by atoms with Crippen LogP contribution in [-0.2, 0) is 5.54 Å². The Morgan fingerprint density at radius 1 is 0.833 bits per heavy atom.